The molecule has 0 unspecified atom stereocenters. The standard InChI is InChI=1S/C25H31F2N3O4/c1-16(2)14-30(18-6-4-3-5-7-18)23-11-9-19(34-15-24(31)32)13-22(23)29-25(33)28-17-8-10-20(26)21(27)12-17/h8-13,16,18H,3-7,14-15H2,1-2H3,(H,31,32)(H2,28,29,33). The third kappa shape index (κ3) is 7.07. The number of nitrogens with zero attached hydrogens (tertiary/aromatic N) is 1. The minimum absolute atomic E-state index is 0.0996. The van der Waals surface area contributed by atoms with Crippen LogP contribution in [0.3, 0.4) is 0 Å². The molecule has 0 radical (unpaired) electrons. The van der Waals surface area contributed by atoms with E-state index in [0.717, 1.165) is 50.0 Å². The van der Waals surface area contributed by atoms with Crippen LogP contribution < -0.4 is 20.3 Å². The number of carbonyl (C=O) groups is 2. The monoisotopic (exact) mass is 475 g/mol. The van der Waals surface area contributed by atoms with Gasteiger partial charge in [0.2, 0.25) is 0 Å². The molecule has 1 aliphatic rings. The van der Waals surface area contributed by atoms with Gasteiger partial charge in [-0.1, -0.05) is 33.1 Å². The maximum Gasteiger partial charge on any atom is 0.341 e. The van der Waals surface area contributed by atoms with E-state index in [-0.39, 0.29) is 5.69 Å². The van der Waals surface area contributed by atoms with Crippen LogP contribution in [0.1, 0.15) is 46.0 Å². The number of halogens is 2. The minimum Gasteiger partial charge on any atom is -0.482 e. The largest absolute Gasteiger partial charge is 0.482 e. The minimum atomic E-state index is -1.11. The second-order valence-corrected chi connectivity index (χ2v) is 8.91. The number of carbonyl (C=O) groups excluding carboxylic acids is 1. The number of nitrogens with one attached hydrogen (secondary N) is 2. The first kappa shape index (κ1) is 25.3. The summed E-state index contributed by atoms with van der Waals surface area (Å²) in [5.41, 5.74) is 1.33. The number of aliphatic carboxylic acids is 1. The van der Waals surface area contributed by atoms with Gasteiger partial charge in [0.25, 0.3) is 0 Å². The lowest BCUT2D eigenvalue weighted by atomic mass is 9.93. The van der Waals surface area contributed by atoms with Crippen molar-refractivity contribution in [3.05, 3.63) is 48.0 Å². The third-order valence-corrected chi connectivity index (χ3v) is 5.64. The van der Waals surface area contributed by atoms with Crippen LogP contribution in [-0.2, 0) is 4.79 Å². The fraction of sp³-hybridized carbons (Fsp3) is 0.440. The van der Waals surface area contributed by atoms with Crippen molar-refractivity contribution in [2.24, 2.45) is 5.92 Å². The number of urea groups is 1. The molecule has 2 aromatic rings. The lowest BCUT2D eigenvalue weighted by Gasteiger charge is -2.38. The molecule has 184 valence electrons. The third-order valence-electron chi connectivity index (χ3n) is 5.64. The van der Waals surface area contributed by atoms with Crippen LogP contribution in [0.4, 0.5) is 30.6 Å². The van der Waals surface area contributed by atoms with Crippen molar-refractivity contribution in [3.63, 3.8) is 0 Å². The molecule has 1 aliphatic carbocycles. The Hall–Kier alpha value is -3.36. The summed E-state index contributed by atoms with van der Waals surface area (Å²) >= 11 is 0. The Balaban J connectivity index is 1.89. The fourth-order valence-corrected chi connectivity index (χ4v) is 4.19. The molecule has 2 amide bonds. The lowest BCUT2D eigenvalue weighted by Crippen LogP contribution is -2.40. The molecular weight excluding hydrogens is 444 g/mol. The molecule has 0 atom stereocenters. The van der Waals surface area contributed by atoms with E-state index in [0.29, 0.717) is 23.4 Å². The van der Waals surface area contributed by atoms with Crippen molar-refractivity contribution in [2.45, 2.75) is 52.0 Å². The van der Waals surface area contributed by atoms with Gasteiger partial charge in [0.05, 0.1) is 11.4 Å². The molecule has 0 spiro atoms. The fourth-order valence-electron chi connectivity index (χ4n) is 4.19. The van der Waals surface area contributed by atoms with Crippen LogP contribution in [0.25, 0.3) is 0 Å². The zero-order valence-corrected chi connectivity index (χ0v) is 19.4. The van der Waals surface area contributed by atoms with Gasteiger partial charge >= 0.3 is 12.0 Å². The molecule has 1 saturated carbocycles. The summed E-state index contributed by atoms with van der Waals surface area (Å²) in [6, 6.07) is 7.86. The van der Waals surface area contributed by atoms with Crippen LogP contribution in [0.5, 0.6) is 5.75 Å². The van der Waals surface area contributed by atoms with E-state index in [9.17, 15) is 18.4 Å². The molecule has 9 heteroatoms. The van der Waals surface area contributed by atoms with Gasteiger partial charge in [0.15, 0.2) is 18.2 Å². The van der Waals surface area contributed by atoms with Crippen LogP contribution in [-0.4, -0.2) is 36.3 Å². The van der Waals surface area contributed by atoms with E-state index in [1.165, 1.54) is 12.5 Å². The number of hydrogen-bond acceptors (Lipinski definition) is 4. The van der Waals surface area contributed by atoms with Gasteiger partial charge < -0.3 is 25.4 Å². The van der Waals surface area contributed by atoms with Crippen LogP contribution in [0.15, 0.2) is 36.4 Å². The maximum atomic E-state index is 13.5. The quantitative estimate of drug-likeness (QED) is 0.422. The summed E-state index contributed by atoms with van der Waals surface area (Å²) in [6.07, 6.45) is 5.57. The van der Waals surface area contributed by atoms with Crippen molar-refractivity contribution < 1.29 is 28.2 Å². The van der Waals surface area contributed by atoms with Crippen molar-refractivity contribution in [1.82, 2.24) is 0 Å². The van der Waals surface area contributed by atoms with E-state index in [1.807, 2.05) is 6.07 Å². The van der Waals surface area contributed by atoms with E-state index in [2.05, 4.69) is 29.4 Å². The van der Waals surface area contributed by atoms with Gasteiger partial charge in [-0.05, 0) is 43.0 Å². The van der Waals surface area contributed by atoms with Crippen molar-refractivity contribution in [2.75, 3.05) is 28.7 Å². The van der Waals surface area contributed by atoms with Gasteiger partial charge in [-0.25, -0.2) is 18.4 Å². The number of anilines is 3. The zero-order valence-electron chi connectivity index (χ0n) is 19.4. The van der Waals surface area contributed by atoms with Gasteiger partial charge in [-0.2, -0.15) is 0 Å². The van der Waals surface area contributed by atoms with E-state index in [4.69, 9.17) is 9.84 Å². The molecule has 0 aliphatic heterocycles. The second kappa shape index (κ2) is 11.7. The number of ether oxygens (including phenoxy) is 1. The number of amides is 2. The first-order valence-electron chi connectivity index (χ1n) is 11.5. The van der Waals surface area contributed by atoms with Crippen LogP contribution in [0, 0.1) is 17.6 Å². The molecule has 0 aromatic heterocycles. The van der Waals surface area contributed by atoms with Gasteiger partial charge in [-0.15, -0.1) is 0 Å². The molecule has 34 heavy (non-hydrogen) atoms. The Bertz CT molecular complexity index is 1010. The highest BCUT2D eigenvalue weighted by molar-refractivity contribution is 6.02. The predicted octanol–water partition coefficient (Wildman–Crippen LogP) is 5.87. The highest BCUT2D eigenvalue weighted by Gasteiger charge is 2.25. The number of carboxylic acid groups (broad SMARTS) is 1. The Morgan fingerprint density at radius 3 is 2.44 bits per heavy atom. The second-order valence-electron chi connectivity index (χ2n) is 8.91. The molecule has 0 saturated heterocycles. The zero-order chi connectivity index (χ0) is 24.7. The van der Waals surface area contributed by atoms with Crippen molar-refractivity contribution in [3.8, 4) is 5.75 Å². The Labute approximate surface area is 198 Å². The summed E-state index contributed by atoms with van der Waals surface area (Å²) in [5, 5.41) is 14.2. The average Bonchev–Trinajstić information content (AvgIpc) is 2.79. The lowest BCUT2D eigenvalue weighted by molar-refractivity contribution is -0.139. The first-order chi connectivity index (χ1) is 16.2. The highest BCUT2D eigenvalue weighted by Crippen LogP contribution is 2.36. The number of rotatable bonds is 9. The smallest absolute Gasteiger partial charge is 0.341 e. The molecule has 3 rings (SSSR count). The number of hydrogen-bond donors (Lipinski definition) is 3. The Morgan fingerprint density at radius 1 is 1.06 bits per heavy atom. The average molecular weight is 476 g/mol. The van der Waals surface area contributed by atoms with Gasteiger partial charge in [-0.3, -0.25) is 0 Å². The summed E-state index contributed by atoms with van der Waals surface area (Å²) in [5.74, 6) is -2.52. The summed E-state index contributed by atoms with van der Waals surface area (Å²) in [4.78, 5) is 25.9. The topological polar surface area (TPSA) is 90.9 Å². The molecule has 0 bridgehead atoms. The number of carboxylic acids is 1. The van der Waals surface area contributed by atoms with Gasteiger partial charge in [0.1, 0.15) is 5.75 Å². The Kier molecular flexibility index (Phi) is 8.67. The molecule has 1 fully saturated rings. The molecule has 0 heterocycles. The van der Waals surface area contributed by atoms with Crippen LogP contribution >= 0.6 is 0 Å². The van der Waals surface area contributed by atoms with Crippen LogP contribution in [0.2, 0.25) is 0 Å². The SMILES string of the molecule is CC(C)CN(c1ccc(OCC(=O)O)cc1NC(=O)Nc1ccc(F)c(F)c1)C1CCCCC1. The Morgan fingerprint density at radius 2 is 1.79 bits per heavy atom. The highest BCUT2D eigenvalue weighted by atomic mass is 19.2. The summed E-state index contributed by atoms with van der Waals surface area (Å²) < 4.78 is 32.1. The molecule has 2 aromatic carbocycles. The van der Waals surface area contributed by atoms with E-state index in [1.54, 1.807) is 12.1 Å². The van der Waals surface area contributed by atoms with E-state index < -0.39 is 30.2 Å². The van der Waals surface area contributed by atoms with Crippen molar-refractivity contribution in [1.29, 1.82) is 0 Å². The van der Waals surface area contributed by atoms with Gasteiger partial charge in [0, 0.05) is 30.4 Å². The normalized spacial score (nSPS) is 14.0. The molecule has 7 nitrogen and oxygen atoms in total. The predicted molar refractivity (Wildman–Crippen MR) is 128 cm³/mol. The molecular formula is C25H31F2N3O4. The van der Waals surface area contributed by atoms with E-state index >= 15 is 0 Å². The molecule has 3 N–H and O–H groups in total. The summed E-state index contributed by atoms with van der Waals surface area (Å²) in [7, 11) is 0. The number of benzene rings is 2. The maximum absolute atomic E-state index is 13.5. The first-order valence-corrected chi connectivity index (χ1v) is 11.5. The summed E-state index contributed by atoms with van der Waals surface area (Å²) in [6.45, 7) is 4.52. The van der Waals surface area contributed by atoms with Crippen molar-refractivity contribution >= 4 is 29.1 Å².